The fourth-order valence-electron chi connectivity index (χ4n) is 2.10. The van der Waals surface area contributed by atoms with E-state index in [1.54, 1.807) is 6.92 Å². The highest BCUT2D eigenvalue weighted by Gasteiger charge is 2.06. The Morgan fingerprint density at radius 2 is 1.89 bits per heavy atom. The van der Waals surface area contributed by atoms with Gasteiger partial charge >= 0.3 is 0 Å². The van der Waals surface area contributed by atoms with Crippen LogP contribution in [-0.2, 0) is 11.2 Å². The largest absolute Gasteiger partial charge is 0.310 e. The Bertz CT molecular complexity index is 452. The Kier molecular flexibility index (Phi) is 7.08. The van der Waals surface area contributed by atoms with Gasteiger partial charge in [-0.3, -0.25) is 9.59 Å². The Balaban J connectivity index is 2.25. The summed E-state index contributed by atoms with van der Waals surface area (Å²) in [6, 6.07) is 1.43. The maximum Gasteiger partial charge on any atom is 0.251 e. The molecule has 106 valence electrons. The highest BCUT2D eigenvalue weighted by atomic mass is 16.1. The molecular weight excluding hydrogens is 240 g/mol. The molecule has 0 unspecified atom stereocenters. The monoisotopic (exact) mass is 264 g/mol. The summed E-state index contributed by atoms with van der Waals surface area (Å²) in [4.78, 5) is 29.8. The molecular formula is C15H24N2O2. The van der Waals surface area contributed by atoms with Crippen molar-refractivity contribution in [2.45, 2.75) is 65.2 Å². The molecule has 4 heteroatoms. The summed E-state index contributed by atoms with van der Waals surface area (Å²) in [5.41, 5.74) is 0.473. The molecule has 4 nitrogen and oxygen atoms in total. The van der Waals surface area contributed by atoms with Gasteiger partial charge in [0.1, 0.15) is 11.6 Å². The summed E-state index contributed by atoms with van der Waals surface area (Å²) in [6.07, 6.45) is 7.88. The summed E-state index contributed by atoms with van der Waals surface area (Å²) < 4.78 is 0. The number of carbonyl (C=O) groups excluding carboxylic acids is 1. The SMILES string of the molecule is CCCCCCCCC(=O)Cc1nc(C)cc(=O)[nH]1. The van der Waals surface area contributed by atoms with Crippen LogP contribution in [0.3, 0.4) is 0 Å². The number of aryl methyl sites for hydroxylation is 1. The molecule has 0 saturated carbocycles. The number of carbonyl (C=O) groups is 1. The number of nitrogens with zero attached hydrogens (tertiary/aromatic N) is 1. The van der Waals surface area contributed by atoms with E-state index in [-0.39, 0.29) is 17.8 Å². The van der Waals surface area contributed by atoms with E-state index in [1.807, 2.05) is 0 Å². The Morgan fingerprint density at radius 1 is 1.21 bits per heavy atom. The molecule has 0 aromatic carbocycles. The molecule has 1 aromatic heterocycles. The van der Waals surface area contributed by atoms with Crippen LogP contribution in [0, 0.1) is 6.92 Å². The lowest BCUT2D eigenvalue weighted by Gasteiger charge is -2.02. The Morgan fingerprint density at radius 3 is 2.58 bits per heavy atom. The lowest BCUT2D eigenvalue weighted by atomic mass is 10.1. The van der Waals surface area contributed by atoms with Gasteiger partial charge in [-0.1, -0.05) is 39.0 Å². The standard InChI is InChI=1S/C15H24N2O2/c1-3-4-5-6-7-8-9-13(18)11-14-16-12(2)10-15(19)17-14/h10H,3-9,11H2,1-2H3,(H,16,17,19). The van der Waals surface area contributed by atoms with Gasteiger partial charge in [0.2, 0.25) is 0 Å². The smallest absolute Gasteiger partial charge is 0.251 e. The first-order chi connectivity index (χ1) is 9.11. The molecule has 0 atom stereocenters. The van der Waals surface area contributed by atoms with Crippen molar-refractivity contribution in [1.29, 1.82) is 0 Å². The van der Waals surface area contributed by atoms with E-state index in [1.165, 1.54) is 31.7 Å². The summed E-state index contributed by atoms with van der Waals surface area (Å²) in [6.45, 7) is 3.95. The van der Waals surface area contributed by atoms with Crippen LogP contribution in [0.4, 0.5) is 0 Å². The molecule has 1 N–H and O–H groups in total. The van der Waals surface area contributed by atoms with Crippen LogP contribution >= 0.6 is 0 Å². The maximum absolute atomic E-state index is 11.8. The predicted molar refractivity (Wildman–Crippen MR) is 76.3 cm³/mol. The lowest BCUT2D eigenvalue weighted by molar-refractivity contribution is -0.118. The summed E-state index contributed by atoms with van der Waals surface area (Å²) in [5.74, 6) is 0.644. The minimum atomic E-state index is -0.185. The summed E-state index contributed by atoms with van der Waals surface area (Å²) >= 11 is 0. The van der Waals surface area contributed by atoms with Crippen LogP contribution in [0.15, 0.2) is 10.9 Å². The topological polar surface area (TPSA) is 62.8 Å². The quantitative estimate of drug-likeness (QED) is 0.697. The van der Waals surface area contributed by atoms with Gasteiger partial charge in [-0.05, 0) is 13.3 Å². The van der Waals surface area contributed by atoms with Gasteiger partial charge in [0.15, 0.2) is 0 Å². The first kappa shape index (κ1) is 15.6. The van der Waals surface area contributed by atoms with Crippen molar-refractivity contribution in [1.82, 2.24) is 9.97 Å². The number of hydrogen-bond acceptors (Lipinski definition) is 3. The molecule has 1 heterocycles. The second-order valence-corrected chi connectivity index (χ2v) is 5.07. The van der Waals surface area contributed by atoms with E-state index in [9.17, 15) is 9.59 Å². The molecule has 0 aliphatic heterocycles. The number of H-pyrrole nitrogens is 1. The number of aromatic amines is 1. The molecule has 0 fully saturated rings. The number of hydrogen-bond donors (Lipinski definition) is 1. The number of unbranched alkanes of at least 4 members (excludes halogenated alkanes) is 5. The van der Waals surface area contributed by atoms with E-state index in [0.717, 1.165) is 12.8 Å². The van der Waals surface area contributed by atoms with Crippen LogP contribution in [0.2, 0.25) is 0 Å². The zero-order valence-corrected chi connectivity index (χ0v) is 12.0. The van der Waals surface area contributed by atoms with Crippen molar-refractivity contribution in [3.05, 3.63) is 27.9 Å². The second-order valence-electron chi connectivity index (χ2n) is 5.07. The molecule has 19 heavy (non-hydrogen) atoms. The van der Waals surface area contributed by atoms with Crippen molar-refractivity contribution in [3.8, 4) is 0 Å². The molecule has 0 spiro atoms. The zero-order valence-electron chi connectivity index (χ0n) is 12.0. The molecule has 0 bridgehead atoms. The average molecular weight is 264 g/mol. The third-order valence-corrected chi connectivity index (χ3v) is 3.09. The molecule has 1 aromatic rings. The number of aromatic nitrogens is 2. The summed E-state index contributed by atoms with van der Waals surface area (Å²) in [7, 11) is 0. The van der Waals surface area contributed by atoms with Crippen molar-refractivity contribution in [2.24, 2.45) is 0 Å². The van der Waals surface area contributed by atoms with Gasteiger partial charge in [-0.2, -0.15) is 0 Å². The van der Waals surface area contributed by atoms with E-state index in [0.29, 0.717) is 17.9 Å². The minimum absolute atomic E-state index is 0.157. The van der Waals surface area contributed by atoms with Crippen molar-refractivity contribution in [3.63, 3.8) is 0 Å². The third kappa shape index (κ3) is 6.89. The Labute approximate surface area is 114 Å². The molecule has 0 radical (unpaired) electrons. The first-order valence-electron chi connectivity index (χ1n) is 7.20. The molecule has 1 rings (SSSR count). The van der Waals surface area contributed by atoms with Gasteiger partial charge in [0.05, 0.1) is 6.42 Å². The van der Waals surface area contributed by atoms with Gasteiger partial charge in [-0.25, -0.2) is 4.98 Å². The fourth-order valence-corrected chi connectivity index (χ4v) is 2.10. The molecule has 0 aliphatic rings. The van der Waals surface area contributed by atoms with Gasteiger partial charge in [0, 0.05) is 18.2 Å². The number of rotatable bonds is 9. The van der Waals surface area contributed by atoms with Gasteiger partial charge in [0.25, 0.3) is 5.56 Å². The Hall–Kier alpha value is -1.45. The van der Waals surface area contributed by atoms with E-state index < -0.39 is 0 Å². The van der Waals surface area contributed by atoms with E-state index in [2.05, 4.69) is 16.9 Å². The van der Waals surface area contributed by atoms with Crippen LogP contribution in [-0.4, -0.2) is 15.8 Å². The van der Waals surface area contributed by atoms with Crippen LogP contribution in [0.25, 0.3) is 0 Å². The molecule has 0 saturated heterocycles. The molecule has 0 aliphatic carbocycles. The van der Waals surface area contributed by atoms with Crippen molar-refractivity contribution in [2.75, 3.05) is 0 Å². The minimum Gasteiger partial charge on any atom is -0.310 e. The van der Waals surface area contributed by atoms with Crippen LogP contribution in [0.1, 0.15) is 63.4 Å². The fraction of sp³-hybridized carbons (Fsp3) is 0.667. The van der Waals surface area contributed by atoms with Crippen LogP contribution in [0.5, 0.6) is 0 Å². The molecule has 0 amide bonds. The van der Waals surface area contributed by atoms with Gasteiger partial charge < -0.3 is 4.98 Å². The maximum atomic E-state index is 11.8. The van der Waals surface area contributed by atoms with Crippen molar-refractivity contribution >= 4 is 5.78 Å². The number of nitrogens with one attached hydrogen (secondary N) is 1. The zero-order chi connectivity index (χ0) is 14.1. The van der Waals surface area contributed by atoms with E-state index >= 15 is 0 Å². The lowest BCUT2D eigenvalue weighted by Crippen LogP contribution is -2.14. The number of ketones is 1. The first-order valence-corrected chi connectivity index (χ1v) is 7.20. The second kappa shape index (κ2) is 8.62. The number of Topliss-reactive ketones (excluding diaryl/α,β-unsaturated/α-hetero) is 1. The van der Waals surface area contributed by atoms with E-state index in [4.69, 9.17) is 0 Å². The normalized spacial score (nSPS) is 10.6. The average Bonchev–Trinajstić information content (AvgIpc) is 2.32. The summed E-state index contributed by atoms with van der Waals surface area (Å²) in [5, 5.41) is 0. The third-order valence-electron chi connectivity index (χ3n) is 3.09. The predicted octanol–water partition coefficient (Wildman–Crippen LogP) is 2.94. The van der Waals surface area contributed by atoms with Gasteiger partial charge in [-0.15, -0.1) is 0 Å². The highest BCUT2D eigenvalue weighted by Crippen LogP contribution is 2.08. The van der Waals surface area contributed by atoms with Crippen molar-refractivity contribution < 1.29 is 4.79 Å². The van der Waals surface area contributed by atoms with Crippen LogP contribution < -0.4 is 5.56 Å². The highest BCUT2D eigenvalue weighted by molar-refractivity contribution is 5.80.